The molecule has 0 radical (unpaired) electrons. The molecule has 120 valence electrons. The minimum Gasteiger partial charge on any atom is -0.366 e. The second kappa shape index (κ2) is 6.90. The summed E-state index contributed by atoms with van der Waals surface area (Å²) in [5.41, 5.74) is 2.12. The lowest BCUT2D eigenvalue weighted by Crippen LogP contribution is -2.37. The van der Waals surface area contributed by atoms with Gasteiger partial charge in [0.2, 0.25) is 5.82 Å². The molecule has 0 bridgehead atoms. The van der Waals surface area contributed by atoms with Crippen LogP contribution in [-0.4, -0.2) is 41.5 Å². The molecule has 1 aromatic rings. The van der Waals surface area contributed by atoms with Crippen LogP contribution in [0, 0.1) is 5.92 Å². The van der Waals surface area contributed by atoms with E-state index in [-0.39, 0.29) is 23.6 Å². The standard InChI is InChI=1S/C12H21F3N6/c1-7(2)8(6-21(3)4)17-9-5-10(20-16)19-11(18-9)12(13,14)15/h5,7-8H,6,16H2,1-4H3,(H2,17,18,19,20). The van der Waals surface area contributed by atoms with Gasteiger partial charge in [-0.15, -0.1) is 0 Å². The molecule has 0 aromatic carbocycles. The molecule has 1 rings (SSSR count). The van der Waals surface area contributed by atoms with Crippen molar-refractivity contribution in [1.82, 2.24) is 14.9 Å². The van der Waals surface area contributed by atoms with E-state index in [1.807, 2.05) is 32.8 Å². The van der Waals surface area contributed by atoms with Crippen molar-refractivity contribution in [3.8, 4) is 0 Å². The van der Waals surface area contributed by atoms with Gasteiger partial charge in [-0.05, 0) is 20.0 Å². The highest BCUT2D eigenvalue weighted by molar-refractivity contribution is 5.47. The lowest BCUT2D eigenvalue weighted by Gasteiger charge is -2.26. The van der Waals surface area contributed by atoms with E-state index < -0.39 is 12.0 Å². The van der Waals surface area contributed by atoms with Crippen LogP contribution < -0.4 is 16.6 Å². The van der Waals surface area contributed by atoms with Gasteiger partial charge in [-0.25, -0.2) is 15.8 Å². The normalized spacial score (nSPS) is 13.6. The van der Waals surface area contributed by atoms with Crippen molar-refractivity contribution >= 4 is 11.6 Å². The number of aromatic nitrogens is 2. The Hall–Kier alpha value is -1.61. The predicted molar refractivity (Wildman–Crippen MR) is 75.6 cm³/mol. The molecule has 4 N–H and O–H groups in total. The maximum Gasteiger partial charge on any atom is 0.451 e. The summed E-state index contributed by atoms with van der Waals surface area (Å²) >= 11 is 0. The smallest absolute Gasteiger partial charge is 0.366 e. The van der Waals surface area contributed by atoms with Crippen molar-refractivity contribution in [1.29, 1.82) is 0 Å². The summed E-state index contributed by atoms with van der Waals surface area (Å²) in [7, 11) is 3.79. The first-order chi connectivity index (χ1) is 9.63. The number of hydrogen-bond donors (Lipinski definition) is 3. The zero-order valence-corrected chi connectivity index (χ0v) is 12.5. The molecular formula is C12H21F3N6. The molecule has 0 aliphatic heterocycles. The van der Waals surface area contributed by atoms with E-state index in [0.29, 0.717) is 6.54 Å². The van der Waals surface area contributed by atoms with E-state index >= 15 is 0 Å². The molecule has 1 aromatic heterocycles. The van der Waals surface area contributed by atoms with Crippen molar-refractivity contribution in [3.05, 3.63) is 11.9 Å². The van der Waals surface area contributed by atoms with Crippen LogP contribution in [0.2, 0.25) is 0 Å². The summed E-state index contributed by atoms with van der Waals surface area (Å²) in [6.07, 6.45) is -4.63. The van der Waals surface area contributed by atoms with Gasteiger partial charge in [0.15, 0.2) is 0 Å². The molecular weight excluding hydrogens is 285 g/mol. The molecule has 0 fully saturated rings. The topological polar surface area (TPSA) is 79.1 Å². The van der Waals surface area contributed by atoms with Crippen LogP contribution in [0.15, 0.2) is 6.07 Å². The largest absolute Gasteiger partial charge is 0.451 e. The summed E-state index contributed by atoms with van der Waals surface area (Å²) in [5, 5.41) is 3.01. The summed E-state index contributed by atoms with van der Waals surface area (Å²) in [6.45, 7) is 4.62. The van der Waals surface area contributed by atoms with E-state index in [0.717, 1.165) is 0 Å². The Bertz CT molecular complexity index is 461. The van der Waals surface area contributed by atoms with Crippen LogP contribution in [0.5, 0.6) is 0 Å². The Morgan fingerprint density at radius 1 is 1.24 bits per heavy atom. The number of halogens is 3. The molecule has 0 aliphatic carbocycles. The third kappa shape index (κ3) is 5.35. The highest BCUT2D eigenvalue weighted by Gasteiger charge is 2.35. The van der Waals surface area contributed by atoms with Gasteiger partial charge in [-0.1, -0.05) is 13.8 Å². The van der Waals surface area contributed by atoms with Gasteiger partial charge in [0.25, 0.3) is 0 Å². The van der Waals surface area contributed by atoms with Crippen LogP contribution in [-0.2, 0) is 6.18 Å². The molecule has 1 atom stereocenters. The van der Waals surface area contributed by atoms with Crippen LogP contribution in [0.1, 0.15) is 19.7 Å². The second-order valence-corrected chi connectivity index (χ2v) is 5.36. The highest BCUT2D eigenvalue weighted by atomic mass is 19.4. The zero-order valence-electron chi connectivity index (χ0n) is 12.5. The molecule has 0 spiro atoms. The van der Waals surface area contributed by atoms with Crippen molar-refractivity contribution in [2.24, 2.45) is 11.8 Å². The van der Waals surface area contributed by atoms with Crippen LogP contribution in [0.3, 0.4) is 0 Å². The van der Waals surface area contributed by atoms with Crippen LogP contribution in [0.25, 0.3) is 0 Å². The van der Waals surface area contributed by atoms with Crippen LogP contribution in [0.4, 0.5) is 24.8 Å². The number of hydrazine groups is 1. The van der Waals surface area contributed by atoms with E-state index in [9.17, 15) is 13.2 Å². The second-order valence-electron chi connectivity index (χ2n) is 5.36. The number of nitrogen functional groups attached to an aromatic ring is 1. The quantitative estimate of drug-likeness (QED) is 0.549. The lowest BCUT2D eigenvalue weighted by molar-refractivity contribution is -0.144. The Balaban J connectivity index is 3.05. The molecule has 21 heavy (non-hydrogen) atoms. The highest BCUT2D eigenvalue weighted by Crippen LogP contribution is 2.28. The Morgan fingerprint density at radius 3 is 2.24 bits per heavy atom. The molecule has 0 saturated heterocycles. The molecule has 1 heterocycles. The van der Waals surface area contributed by atoms with Gasteiger partial charge in [0.1, 0.15) is 11.6 Å². The Labute approximate surface area is 121 Å². The summed E-state index contributed by atoms with van der Waals surface area (Å²) in [5.74, 6) is 4.14. The van der Waals surface area contributed by atoms with Crippen molar-refractivity contribution in [2.75, 3.05) is 31.4 Å². The molecule has 1 unspecified atom stereocenters. The summed E-state index contributed by atoms with van der Waals surface area (Å²) in [6, 6.07) is 1.29. The van der Waals surface area contributed by atoms with Crippen LogP contribution >= 0.6 is 0 Å². The van der Waals surface area contributed by atoms with Gasteiger partial charge in [-0.3, -0.25) is 0 Å². The number of likely N-dealkylation sites (N-methyl/N-ethyl adjacent to an activating group) is 1. The third-order valence-corrected chi connectivity index (χ3v) is 2.83. The SMILES string of the molecule is CC(C)C(CN(C)C)Nc1cc(NN)nc(C(F)(F)F)n1. The summed E-state index contributed by atoms with van der Waals surface area (Å²) < 4.78 is 38.3. The molecule has 0 aliphatic rings. The number of nitrogens with one attached hydrogen (secondary N) is 2. The predicted octanol–water partition coefficient (Wildman–Crippen LogP) is 1.78. The average Bonchev–Trinajstić information content (AvgIpc) is 2.35. The third-order valence-electron chi connectivity index (χ3n) is 2.83. The van der Waals surface area contributed by atoms with Crippen molar-refractivity contribution < 1.29 is 13.2 Å². The van der Waals surface area contributed by atoms with E-state index in [2.05, 4.69) is 20.7 Å². The lowest BCUT2D eigenvalue weighted by atomic mass is 10.0. The minimum atomic E-state index is -4.63. The van der Waals surface area contributed by atoms with Gasteiger partial charge in [-0.2, -0.15) is 13.2 Å². The van der Waals surface area contributed by atoms with Crippen molar-refractivity contribution in [2.45, 2.75) is 26.1 Å². The van der Waals surface area contributed by atoms with Gasteiger partial charge < -0.3 is 15.6 Å². The summed E-state index contributed by atoms with van der Waals surface area (Å²) in [4.78, 5) is 8.78. The van der Waals surface area contributed by atoms with E-state index in [1.165, 1.54) is 6.07 Å². The molecule has 0 saturated carbocycles. The maximum atomic E-state index is 12.8. The number of nitrogens with two attached hydrogens (primary N) is 1. The average molecular weight is 306 g/mol. The van der Waals surface area contributed by atoms with Crippen molar-refractivity contribution in [3.63, 3.8) is 0 Å². The van der Waals surface area contributed by atoms with Gasteiger partial charge >= 0.3 is 6.18 Å². The van der Waals surface area contributed by atoms with Gasteiger partial charge in [0, 0.05) is 18.7 Å². The Morgan fingerprint density at radius 2 is 1.81 bits per heavy atom. The number of anilines is 2. The van der Waals surface area contributed by atoms with E-state index in [1.54, 1.807) is 0 Å². The number of nitrogens with zero attached hydrogens (tertiary/aromatic N) is 3. The molecule has 6 nitrogen and oxygen atoms in total. The Kier molecular flexibility index (Phi) is 5.73. The number of alkyl halides is 3. The first kappa shape index (κ1) is 17.4. The molecule has 9 heteroatoms. The van der Waals surface area contributed by atoms with E-state index in [4.69, 9.17) is 5.84 Å². The zero-order chi connectivity index (χ0) is 16.2. The number of hydrogen-bond acceptors (Lipinski definition) is 6. The fourth-order valence-electron chi connectivity index (χ4n) is 1.73. The fourth-order valence-corrected chi connectivity index (χ4v) is 1.73. The maximum absolute atomic E-state index is 12.8. The number of rotatable bonds is 6. The fraction of sp³-hybridized carbons (Fsp3) is 0.667. The first-order valence-electron chi connectivity index (χ1n) is 6.47. The monoisotopic (exact) mass is 306 g/mol. The molecule has 0 amide bonds. The first-order valence-corrected chi connectivity index (χ1v) is 6.47. The minimum absolute atomic E-state index is 0.0541. The van der Waals surface area contributed by atoms with Gasteiger partial charge in [0.05, 0.1) is 0 Å².